The van der Waals surface area contributed by atoms with Crippen molar-refractivity contribution >= 4 is 5.91 Å². The Morgan fingerprint density at radius 1 is 1.12 bits per heavy atom. The summed E-state index contributed by atoms with van der Waals surface area (Å²) in [4.78, 5) is 12.5. The van der Waals surface area contributed by atoms with Crippen molar-refractivity contribution in [3.05, 3.63) is 17.7 Å². The Morgan fingerprint density at radius 2 is 1.75 bits per heavy atom. The van der Waals surface area contributed by atoms with E-state index in [0.29, 0.717) is 55.2 Å². The van der Waals surface area contributed by atoms with Crippen LogP contribution in [0.5, 0.6) is 17.2 Å². The highest BCUT2D eigenvalue weighted by Gasteiger charge is 2.20. The van der Waals surface area contributed by atoms with Crippen molar-refractivity contribution in [3.8, 4) is 17.2 Å². The minimum absolute atomic E-state index is 0.131. The van der Waals surface area contributed by atoms with E-state index >= 15 is 0 Å². The largest absolute Gasteiger partial charge is 0.490 e. The maximum Gasteiger partial charge on any atom is 0.251 e. The quantitative estimate of drug-likeness (QED) is 0.724. The molecule has 1 unspecified atom stereocenters. The van der Waals surface area contributed by atoms with Crippen molar-refractivity contribution in [2.45, 2.75) is 39.7 Å². The van der Waals surface area contributed by atoms with Gasteiger partial charge in [0.15, 0.2) is 11.5 Å². The van der Waals surface area contributed by atoms with Crippen molar-refractivity contribution in [1.82, 2.24) is 10.6 Å². The third-order valence-corrected chi connectivity index (χ3v) is 3.84. The van der Waals surface area contributed by atoms with E-state index < -0.39 is 0 Å². The zero-order valence-corrected chi connectivity index (χ0v) is 14.8. The molecular weight excluding hydrogens is 308 g/mol. The van der Waals surface area contributed by atoms with E-state index in [4.69, 9.17) is 14.2 Å². The molecule has 0 spiro atoms. The van der Waals surface area contributed by atoms with E-state index in [9.17, 15) is 4.79 Å². The highest BCUT2D eigenvalue weighted by atomic mass is 16.5. The van der Waals surface area contributed by atoms with Gasteiger partial charge in [-0.25, -0.2) is 0 Å². The molecule has 2 rings (SSSR count). The molecule has 1 aromatic rings. The highest BCUT2D eigenvalue weighted by molar-refractivity contribution is 5.95. The molecule has 1 fully saturated rings. The lowest BCUT2D eigenvalue weighted by molar-refractivity contribution is 0.0949. The summed E-state index contributed by atoms with van der Waals surface area (Å²) in [6, 6.07) is 3.79. The van der Waals surface area contributed by atoms with Crippen LogP contribution in [0.25, 0.3) is 0 Å². The molecule has 1 saturated heterocycles. The summed E-state index contributed by atoms with van der Waals surface area (Å²) in [6.07, 6.45) is 2.25. The summed E-state index contributed by atoms with van der Waals surface area (Å²) in [5, 5.41) is 6.35. The van der Waals surface area contributed by atoms with Gasteiger partial charge in [0.2, 0.25) is 5.75 Å². The fraction of sp³-hybridized carbons (Fsp3) is 0.611. The summed E-state index contributed by atoms with van der Waals surface area (Å²) in [5.41, 5.74) is 0.517. The number of benzene rings is 1. The summed E-state index contributed by atoms with van der Waals surface area (Å²) in [6.45, 7) is 8.82. The zero-order valence-electron chi connectivity index (χ0n) is 14.8. The molecule has 1 amide bonds. The normalized spacial score (nSPS) is 16.7. The molecule has 134 valence electrons. The molecule has 0 aliphatic carbocycles. The van der Waals surface area contributed by atoms with Gasteiger partial charge in [-0.05, 0) is 52.3 Å². The van der Waals surface area contributed by atoms with Crippen molar-refractivity contribution < 1.29 is 19.0 Å². The molecule has 0 bridgehead atoms. The fourth-order valence-electron chi connectivity index (χ4n) is 2.77. The van der Waals surface area contributed by atoms with Crippen LogP contribution in [0.3, 0.4) is 0 Å². The Morgan fingerprint density at radius 3 is 2.25 bits per heavy atom. The Kier molecular flexibility index (Phi) is 7.18. The number of carbonyl (C=O) groups is 1. The topological polar surface area (TPSA) is 68.8 Å². The van der Waals surface area contributed by atoms with E-state index in [2.05, 4.69) is 10.6 Å². The smallest absolute Gasteiger partial charge is 0.251 e. The maximum absolute atomic E-state index is 12.5. The Labute approximate surface area is 143 Å². The number of amides is 1. The van der Waals surface area contributed by atoms with Gasteiger partial charge in [0.05, 0.1) is 19.8 Å². The Hall–Kier alpha value is -1.95. The Bertz CT molecular complexity index is 515. The molecule has 1 aliphatic rings. The molecule has 24 heavy (non-hydrogen) atoms. The Balaban J connectivity index is 2.18. The van der Waals surface area contributed by atoms with Gasteiger partial charge in [0.1, 0.15) is 0 Å². The first-order valence-electron chi connectivity index (χ1n) is 8.77. The van der Waals surface area contributed by atoms with Crippen molar-refractivity contribution in [3.63, 3.8) is 0 Å². The van der Waals surface area contributed by atoms with E-state index in [1.165, 1.54) is 0 Å². The van der Waals surface area contributed by atoms with Crippen molar-refractivity contribution in [2.75, 3.05) is 32.9 Å². The average Bonchev–Trinajstić information content (AvgIpc) is 3.09. The molecule has 0 aromatic heterocycles. The number of ether oxygens (including phenoxy) is 3. The summed E-state index contributed by atoms with van der Waals surface area (Å²) in [5.74, 6) is 1.49. The molecule has 0 saturated carbocycles. The molecule has 1 atom stereocenters. The second-order valence-electron chi connectivity index (χ2n) is 5.60. The van der Waals surface area contributed by atoms with Gasteiger partial charge in [0, 0.05) is 18.2 Å². The average molecular weight is 336 g/mol. The van der Waals surface area contributed by atoms with Crippen LogP contribution in [-0.2, 0) is 0 Å². The van der Waals surface area contributed by atoms with E-state index in [0.717, 1.165) is 19.4 Å². The number of hydrogen-bond acceptors (Lipinski definition) is 5. The molecule has 1 aliphatic heterocycles. The van der Waals surface area contributed by atoms with Crippen LogP contribution in [-0.4, -0.2) is 44.9 Å². The lowest BCUT2D eigenvalue weighted by atomic mass is 10.1. The van der Waals surface area contributed by atoms with Gasteiger partial charge in [-0.3, -0.25) is 4.79 Å². The monoisotopic (exact) mass is 336 g/mol. The predicted octanol–water partition coefficient (Wildman–Crippen LogP) is 2.36. The van der Waals surface area contributed by atoms with E-state index in [1.54, 1.807) is 12.1 Å². The zero-order chi connectivity index (χ0) is 17.4. The number of rotatable bonds is 9. The molecule has 1 heterocycles. The van der Waals surface area contributed by atoms with Crippen LogP contribution < -0.4 is 24.8 Å². The molecule has 6 heteroatoms. The highest BCUT2D eigenvalue weighted by Crippen LogP contribution is 2.39. The SMILES string of the molecule is CCOc1cc(C(=O)NCC2CCCN2)cc(OCC)c1OCC. The van der Waals surface area contributed by atoms with Gasteiger partial charge < -0.3 is 24.8 Å². The van der Waals surface area contributed by atoms with Crippen molar-refractivity contribution in [1.29, 1.82) is 0 Å². The second-order valence-corrected chi connectivity index (χ2v) is 5.60. The minimum Gasteiger partial charge on any atom is -0.490 e. The fourth-order valence-corrected chi connectivity index (χ4v) is 2.77. The second kappa shape index (κ2) is 9.37. The summed E-state index contributed by atoms with van der Waals surface area (Å²) in [7, 11) is 0. The molecule has 1 aromatic carbocycles. The standard InChI is InChI=1S/C18H28N2O4/c1-4-22-15-10-13(11-16(23-5-2)17(15)24-6-3)18(21)20-12-14-8-7-9-19-14/h10-11,14,19H,4-9,12H2,1-3H3,(H,20,21). The predicted molar refractivity (Wildman–Crippen MR) is 93.3 cm³/mol. The number of carbonyl (C=O) groups excluding carboxylic acids is 1. The molecule has 6 nitrogen and oxygen atoms in total. The van der Waals surface area contributed by atoms with Crippen LogP contribution in [0.15, 0.2) is 12.1 Å². The summed E-state index contributed by atoms with van der Waals surface area (Å²) < 4.78 is 17.0. The number of nitrogens with one attached hydrogen (secondary N) is 2. The number of hydrogen-bond donors (Lipinski definition) is 2. The minimum atomic E-state index is -0.131. The van der Waals surface area contributed by atoms with E-state index in [-0.39, 0.29) is 5.91 Å². The van der Waals surface area contributed by atoms with Gasteiger partial charge in [0.25, 0.3) is 5.91 Å². The van der Waals surface area contributed by atoms with Gasteiger partial charge in [-0.1, -0.05) is 0 Å². The van der Waals surface area contributed by atoms with Gasteiger partial charge >= 0.3 is 0 Å². The van der Waals surface area contributed by atoms with Crippen molar-refractivity contribution in [2.24, 2.45) is 0 Å². The van der Waals surface area contributed by atoms with Crippen LogP contribution in [0, 0.1) is 0 Å². The lowest BCUT2D eigenvalue weighted by Crippen LogP contribution is -2.37. The van der Waals surface area contributed by atoms with Crippen LogP contribution in [0.4, 0.5) is 0 Å². The van der Waals surface area contributed by atoms with E-state index in [1.807, 2.05) is 20.8 Å². The third kappa shape index (κ3) is 4.77. The molecular formula is C18H28N2O4. The lowest BCUT2D eigenvalue weighted by Gasteiger charge is -2.17. The third-order valence-electron chi connectivity index (χ3n) is 3.84. The van der Waals surface area contributed by atoms with Gasteiger partial charge in [-0.2, -0.15) is 0 Å². The first kappa shape index (κ1) is 18.4. The van der Waals surface area contributed by atoms with Gasteiger partial charge in [-0.15, -0.1) is 0 Å². The first-order chi connectivity index (χ1) is 11.7. The first-order valence-corrected chi connectivity index (χ1v) is 8.77. The molecule has 2 N–H and O–H groups in total. The van der Waals surface area contributed by atoms with Crippen LogP contribution in [0.1, 0.15) is 44.0 Å². The van der Waals surface area contributed by atoms with Crippen LogP contribution in [0.2, 0.25) is 0 Å². The maximum atomic E-state index is 12.5. The molecule has 0 radical (unpaired) electrons. The summed E-state index contributed by atoms with van der Waals surface area (Å²) >= 11 is 0. The van der Waals surface area contributed by atoms with Crippen LogP contribution >= 0.6 is 0 Å².